The van der Waals surface area contributed by atoms with Gasteiger partial charge in [0, 0.05) is 43.5 Å². The molecule has 0 bridgehead atoms. The molecule has 5 rings (SSSR count). The van der Waals surface area contributed by atoms with Gasteiger partial charge in [0.15, 0.2) is 0 Å². The molecular weight excluding hydrogens is 454 g/mol. The zero-order chi connectivity index (χ0) is 23.2. The van der Waals surface area contributed by atoms with Crippen LogP contribution >= 0.6 is 23.1 Å². The van der Waals surface area contributed by atoms with E-state index >= 15 is 0 Å². The molecule has 0 aliphatic carbocycles. The minimum Gasteiger partial charge on any atom is -0.370 e. The molecule has 33 heavy (non-hydrogen) atoms. The van der Waals surface area contributed by atoms with E-state index in [-0.39, 0.29) is 11.5 Å². The molecule has 0 unspecified atom stereocenters. The topological polar surface area (TPSA) is 71.5 Å². The van der Waals surface area contributed by atoms with Crippen LogP contribution in [-0.4, -0.2) is 63.3 Å². The van der Waals surface area contributed by atoms with Crippen LogP contribution < -0.4 is 4.90 Å². The smallest absolute Gasteiger partial charge is 0.232 e. The van der Waals surface area contributed by atoms with Gasteiger partial charge >= 0.3 is 0 Å². The number of pyridine rings is 1. The third kappa shape index (κ3) is 4.19. The minimum absolute atomic E-state index is 0.142. The summed E-state index contributed by atoms with van der Waals surface area (Å²) in [6, 6.07) is 0. The molecule has 0 spiro atoms. The Balaban J connectivity index is 1.61. The zero-order valence-electron chi connectivity index (χ0n) is 19.8. The molecule has 176 valence electrons. The fraction of sp³-hybridized carbons (Fsp3) is 0.583. The molecule has 0 aromatic carbocycles. The van der Waals surface area contributed by atoms with Crippen molar-refractivity contribution in [2.45, 2.75) is 64.2 Å². The first-order valence-electron chi connectivity index (χ1n) is 11.8. The molecule has 0 saturated carbocycles. The van der Waals surface area contributed by atoms with Gasteiger partial charge in [0.2, 0.25) is 5.91 Å². The molecule has 0 radical (unpaired) electrons. The van der Waals surface area contributed by atoms with Crippen LogP contribution in [-0.2, 0) is 22.6 Å². The zero-order valence-corrected chi connectivity index (χ0v) is 21.4. The first kappa shape index (κ1) is 22.8. The summed E-state index contributed by atoms with van der Waals surface area (Å²) in [5, 5.41) is 2.01. The monoisotopic (exact) mass is 485 g/mol. The van der Waals surface area contributed by atoms with Gasteiger partial charge in [-0.2, -0.15) is 0 Å². The van der Waals surface area contributed by atoms with Crippen LogP contribution in [0.5, 0.6) is 0 Å². The van der Waals surface area contributed by atoms with Gasteiger partial charge in [-0.15, -0.1) is 11.3 Å². The van der Waals surface area contributed by atoms with Crippen LogP contribution in [0.25, 0.3) is 20.4 Å². The Bertz CT molecular complexity index is 1200. The van der Waals surface area contributed by atoms with E-state index in [1.165, 1.54) is 35.7 Å². The molecule has 0 N–H and O–H groups in total. The van der Waals surface area contributed by atoms with Crippen LogP contribution in [0.4, 0.5) is 5.82 Å². The Morgan fingerprint density at radius 3 is 2.70 bits per heavy atom. The number of ether oxygens (including phenoxy) is 1. The fourth-order valence-corrected chi connectivity index (χ4v) is 6.99. The van der Waals surface area contributed by atoms with E-state index < -0.39 is 0 Å². The van der Waals surface area contributed by atoms with E-state index in [1.54, 1.807) is 17.7 Å². The molecule has 2 aliphatic heterocycles. The third-order valence-electron chi connectivity index (χ3n) is 6.63. The lowest BCUT2D eigenvalue weighted by atomic mass is 9.90. The van der Waals surface area contributed by atoms with Crippen LogP contribution in [0.3, 0.4) is 0 Å². The largest absolute Gasteiger partial charge is 0.370 e. The van der Waals surface area contributed by atoms with Gasteiger partial charge in [-0.05, 0) is 46.1 Å². The number of carbonyl (C=O) groups excluding carboxylic acids is 1. The highest BCUT2D eigenvalue weighted by atomic mass is 32.2. The van der Waals surface area contributed by atoms with Crippen molar-refractivity contribution >= 4 is 55.3 Å². The van der Waals surface area contributed by atoms with E-state index in [9.17, 15) is 4.79 Å². The van der Waals surface area contributed by atoms with Gasteiger partial charge in [-0.1, -0.05) is 11.8 Å². The van der Waals surface area contributed by atoms with Crippen LogP contribution in [0.15, 0.2) is 11.4 Å². The minimum atomic E-state index is -0.224. The number of amides is 1. The number of thioether (sulfide) groups is 1. The van der Waals surface area contributed by atoms with Gasteiger partial charge in [0.1, 0.15) is 22.0 Å². The predicted octanol–water partition coefficient (Wildman–Crippen LogP) is 4.65. The second kappa shape index (κ2) is 9.00. The summed E-state index contributed by atoms with van der Waals surface area (Å²) >= 11 is 3.16. The van der Waals surface area contributed by atoms with E-state index in [0.717, 1.165) is 63.9 Å². The molecule has 9 heteroatoms. The SMILES string of the molecule is CCN(CC)C(=O)CSc1ncnc2c1sc1nc(N3CCCC3)c3c(c12)CC(C)(C)OC3. The number of carbonyl (C=O) groups is 1. The molecule has 7 nitrogen and oxygen atoms in total. The molecule has 3 aromatic heterocycles. The van der Waals surface area contributed by atoms with E-state index in [2.05, 4.69) is 23.7 Å². The maximum absolute atomic E-state index is 12.6. The van der Waals surface area contributed by atoms with Crippen molar-refractivity contribution in [1.82, 2.24) is 19.9 Å². The number of hydrogen-bond acceptors (Lipinski definition) is 8. The maximum atomic E-state index is 12.6. The highest BCUT2D eigenvalue weighted by Gasteiger charge is 2.33. The van der Waals surface area contributed by atoms with Gasteiger partial charge in [0.25, 0.3) is 0 Å². The predicted molar refractivity (Wildman–Crippen MR) is 135 cm³/mol. The van der Waals surface area contributed by atoms with Crippen molar-refractivity contribution in [3.8, 4) is 0 Å². The fourth-order valence-electron chi connectivity index (χ4n) is 4.86. The first-order chi connectivity index (χ1) is 15.9. The maximum Gasteiger partial charge on any atom is 0.232 e. The highest BCUT2D eigenvalue weighted by molar-refractivity contribution is 8.00. The van der Waals surface area contributed by atoms with Crippen LogP contribution in [0.1, 0.15) is 51.7 Å². The Kier molecular flexibility index (Phi) is 6.22. The summed E-state index contributed by atoms with van der Waals surface area (Å²) < 4.78 is 7.25. The molecule has 5 heterocycles. The van der Waals surface area contributed by atoms with Gasteiger partial charge in [-0.25, -0.2) is 15.0 Å². The lowest BCUT2D eigenvalue weighted by molar-refractivity contribution is -0.127. The lowest BCUT2D eigenvalue weighted by Crippen LogP contribution is -2.33. The average Bonchev–Trinajstić information content (AvgIpc) is 3.45. The Morgan fingerprint density at radius 2 is 1.97 bits per heavy atom. The first-order valence-corrected chi connectivity index (χ1v) is 13.6. The number of hydrogen-bond donors (Lipinski definition) is 0. The molecule has 1 amide bonds. The van der Waals surface area contributed by atoms with Crippen LogP contribution in [0, 0.1) is 0 Å². The van der Waals surface area contributed by atoms with E-state index in [0.29, 0.717) is 12.4 Å². The summed E-state index contributed by atoms with van der Waals surface area (Å²) in [6.45, 7) is 12.5. The summed E-state index contributed by atoms with van der Waals surface area (Å²) in [4.78, 5) is 32.3. The molecule has 2 aliphatic rings. The van der Waals surface area contributed by atoms with Crippen molar-refractivity contribution in [1.29, 1.82) is 0 Å². The lowest BCUT2D eigenvalue weighted by Gasteiger charge is -2.34. The van der Waals surface area contributed by atoms with Crippen molar-refractivity contribution in [2.24, 2.45) is 0 Å². The van der Waals surface area contributed by atoms with Crippen molar-refractivity contribution in [3.05, 3.63) is 17.5 Å². The Hall–Kier alpha value is -1.97. The van der Waals surface area contributed by atoms with Crippen LogP contribution in [0.2, 0.25) is 0 Å². The Labute approximate surface area is 202 Å². The standard InChI is InChI=1S/C24H31N5O2S2/c1-5-28(6-2)17(30)13-32-23-20-19(25-14-26-23)18-15-11-24(3,4)31-12-16(15)21(27-22(18)33-20)29-9-7-8-10-29/h14H,5-13H2,1-4H3. The number of nitrogens with zero attached hydrogens (tertiary/aromatic N) is 5. The summed E-state index contributed by atoms with van der Waals surface area (Å²) in [5.74, 6) is 1.60. The van der Waals surface area contributed by atoms with Gasteiger partial charge in [0.05, 0.1) is 28.2 Å². The third-order valence-corrected chi connectivity index (χ3v) is 8.81. The second-order valence-electron chi connectivity index (χ2n) is 9.31. The van der Waals surface area contributed by atoms with E-state index in [4.69, 9.17) is 14.7 Å². The van der Waals surface area contributed by atoms with Gasteiger partial charge < -0.3 is 14.5 Å². The summed E-state index contributed by atoms with van der Waals surface area (Å²) in [7, 11) is 0. The summed E-state index contributed by atoms with van der Waals surface area (Å²) in [5.41, 5.74) is 3.27. The van der Waals surface area contributed by atoms with Crippen molar-refractivity contribution in [2.75, 3.05) is 36.8 Å². The molecule has 1 saturated heterocycles. The normalized spacial score (nSPS) is 17.6. The number of fused-ring (bicyclic) bond motifs is 5. The molecule has 3 aromatic rings. The number of thiophene rings is 1. The van der Waals surface area contributed by atoms with Crippen molar-refractivity contribution < 1.29 is 9.53 Å². The number of rotatable bonds is 6. The number of aromatic nitrogens is 3. The average molecular weight is 486 g/mol. The molecular formula is C24H31N5O2S2. The molecule has 1 fully saturated rings. The second-order valence-corrected chi connectivity index (χ2v) is 11.3. The van der Waals surface area contributed by atoms with E-state index in [1.807, 2.05) is 18.7 Å². The van der Waals surface area contributed by atoms with Gasteiger partial charge in [-0.3, -0.25) is 4.79 Å². The quantitative estimate of drug-likeness (QED) is 0.372. The van der Waals surface area contributed by atoms with Crippen molar-refractivity contribution in [3.63, 3.8) is 0 Å². The Morgan fingerprint density at radius 1 is 1.21 bits per heavy atom. The highest BCUT2D eigenvalue weighted by Crippen LogP contribution is 2.44. The summed E-state index contributed by atoms with van der Waals surface area (Å²) in [6.07, 6.45) is 4.88. The number of anilines is 1. The molecule has 0 atom stereocenters.